The van der Waals surface area contributed by atoms with Crippen LogP contribution in [0.1, 0.15) is 63.6 Å². The molecular formula is C14H20N2O3. The molecule has 19 heavy (non-hydrogen) atoms. The summed E-state index contributed by atoms with van der Waals surface area (Å²) >= 11 is 0. The molecule has 2 saturated carbocycles. The number of aromatic nitrogens is 2. The highest BCUT2D eigenvalue weighted by Gasteiger charge is 2.65. The minimum absolute atomic E-state index is 0.134. The predicted octanol–water partition coefficient (Wildman–Crippen LogP) is 2.80. The molecule has 4 atom stereocenters. The van der Waals surface area contributed by atoms with Crippen LogP contribution in [0.4, 0.5) is 0 Å². The first-order chi connectivity index (χ1) is 8.91. The average Bonchev–Trinajstić information content (AvgIpc) is 2.76. The highest BCUT2D eigenvalue weighted by molar-refractivity contribution is 5.77. The smallest absolute Gasteiger partial charge is 0.307 e. The molecule has 2 fully saturated rings. The number of carboxylic acids is 1. The molecule has 0 bridgehead atoms. The van der Waals surface area contributed by atoms with Crippen LogP contribution in [0.15, 0.2) is 4.52 Å². The minimum Gasteiger partial charge on any atom is -0.481 e. The summed E-state index contributed by atoms with van der Waals surface area (Å²) in [5.41, 5.74) is -0.279. The lowest BCUT2D eigenvalue weighted by atomic mass is 10.1. The second-order valence-electron chi connectivity index (χ2n) is 6.72. The molecule has 5 nitrogen and oxygen atoms in total. The molecule has 3 rings (SSSR count). The van der Waals surface area contributed by atoms with Gasteiger partial charge in [0, 0.05) is 5.92 Å². The van der Waals surface area contributed by atoms with Gasteiger partial charge in [-0.25, -0.2) is 0 Å². The summed E-state index contributed by atoms with van der Waals surface area (Å²) in [6, 6.07) is 0. The van der Waals surface area contributed by atoms with Crippen molar-refractivity contribution in [1.29, 1.82) is 0 Å². The SMILES string of the molecule is CC1CCC(c2noc(C3C(C(=O)O)C3(C)C)n2)C1. The quantitative estimate of drug-likeness (QED) is 0.908. The molecule has 2 aliphatic carbocycles. The number of carboxylic acid groups (broad SMARTS) is 1. The van der Waals surface area contributed by atoms with E-state index in [9.17, 15) is 9.90 Å². The third kappa shape index (κ3) is 1.95. The summed E-state index contributed by atoms with van der Waals surface area (Å²) in [5.74, 6) is 1.07. The van der Waals surface area contributed by atoms with Gasteiger partial charge in [0.15, 0.2) is 5.82 Å². The lowest BCUT2D eigenvalue weighted by Crippen LogP contribution is -2.03. The monoisotopic (exact) mass is 264 g/mol. The standard InChI is InChI=1S/C14H20N2O3/c1-7-4-5-8(6-7)11-15-12(19-16-11)9-10(13(17)18)14(9,2)3/h7-10H,4-6H2,1-3H3,(H,17,18). The van der Waals surface area contributed by atoms with E-state index in [4.69, 9.17) is 4.52 Å². The zero-order valence-electron chi connectivity index (χ0n) is 11.6. The van der Waals surface area contributed by atoms with Gasteiger partial charge < -0.3 is 9.63 Å². The first kappa shape index (κ1) is 12.6. The van der Waals surface area contributed by atoms with E-state index >= 15 is 0 Å². The number of rotatable bonds is 3. The van der Waals surface area contributed by atoms with Gasteiger partial charge >= 0.3 is 5.97 Å². The highest BCUT2D eigenvalue weighted by Crippen LogP contribution is 2.64. The topological polar surface area (TPSA) is 76.2 Å². The Hall–Kier alpha value is -1.39. The van der Waals surface area contributed by atoms with Crippen molar-refractivity contribution in [1.82, 2.24) is 10.1 Å². The van der Waals surface area contributed by atoms with E-state index in [0.717, 1.165) is 24.6 Å². The molecule has 1 heterocycles. The van der Waals surface area contributed by atoms with Gasteiger partial charge in [-0.2, -0.15) is 4.98 Å². The van der Waals surface area contributed by atoms with Gasteiger partial charge in [0.05, 0.1) is 11.8 Å². The van der Waals surface area contributed by atoms with E-state index in [0.29, 0.717) is 11.8 Å². The fraction of sp³-hybridized carbons (Fsp3) is 0.786. The summed E-state index contributed by atoms with van der Waals surface area (Å²) in [4.78, 5) is 15.7. The van der Waals surface area contributed by atoms with Crippen molar-refractivity contribution in [3.8, 4) is 0 Å². The third-order valence-corrected chi connectivity index (χ3v) is 4.88. The van der Waals surface area contributed by atoms with E-state index in [2.05, 4.69) is 17.1 Å². The number of hydrogen-bond donors (Lipinski definition) is 1. The van der Waals surface area contributed by atoms with Crippen LogP contribution in [-0.2, 0) is 4.79 Å². The summed E-state index contributed by atoms with van der Waals surface area (Å²) in [7, 11) is 0. The number of hydrogen-bond acceptors (Lipinski definition) is 4. The van der Waals surface area contributed by atoms with E-state index in [1.54, 1.807) is 0 Å². The summed E-state index contributed by atoms with van der Waals surface area (Å²) in [5, 5.41) is 13.3. The second-order valence-corrected chi connectivity index (χ2v) is 6.72. The van der Waals surface area contributed by atoms with Crippen LogP contribution in [-0.4, -0.2) is 21.2 Å². The van der Waals surface area contributed by atoms with Gasteiger partial charge in [-0.1, -0.05) is 25.9 Å². The van der Waals surface area contributed by atoms with Crippen molar-refractivity contribution in [3.63, 3.8) is 0 Å². The van der Waals surface area contributed by atoms with Crippen LogP contribution in [0, 0.1) is 17.3 Å². The Morgan fingerprint density at radius 1 is 1.42 bits per heavy atom. The first-order valence-corrected chi connectivity index (χ1v) is 6.97. The molecule has 104 valence electrons. The fourth-order valence-corrected chi connectivity index (χ4v) is 3.54. The van der Waals surface area contributed by atoms with Crippen molar-refractivity contribution < 1.29 is 14.4 Å². The van der Waals surface area contributed by atoms with Crippen LogP contribution in [0.2, 0.25) is 0 Å². The molecule has 0 amide bonds. The largest absolute Gasteiger partial charge is 0.481 e. The van der Waals surface area contributed by atoms with E-state index < -0.39 is 11.9 Å². The highest BCUT2D eigenvalue weighted by atomic mass is 16.5. The van der Waals surface area contributed by atoms with E-state index in [1.165, 1.54) is 6.42 Å². The molecule has 4 unspecified atom stereocenters. The molecule has 0 spiro atoms. The van der Waals surface area contributed by atoms with Crippen molar-refractivity contribution in [2.75, 3.05) is 0 Å². The van der Waals surface area contributed by atoms with Crippen molar-refractivity contribution in [2.24, 2.45) is 17.3 Å². The zero-order chi connectivity index (χ0) is 13.8. The van der Waals surface area contributed by atoms with E-state index in [1.807, 2.05) is 13.8 Å². The molecular weight excluding hydrogens is 244 g/mol. The predicted molar refractivity (Wildman–Crippen MR) is 67.7 cm³/mol. The van der Waals surface area contributed by atoms with Gasteiger partial charge in [-0.3, -0.25) is 4.79 Å². The molecule has 1 aromatic rings. The lowest BCUT2D eigenvalue weighted by Gasteiger charge is -2.01. The Morgan fingerprint density at radius 2 is 2.16 bits per heavy atom. The van der Waals surface area contributed by atoms with Crippen LogP contribution < -0.4 is 0 Å². The number of carbonyl (C=O) groups is 1. The summed E-state index contributed by atoms with van der Waals surface area (Å²) in [6.45, 7) is 6.13. The van der Waals surface area contributed by atoms with Crippen LogP contribution >= 0.6 is 0 Å². The van der Waals surface area contributed by atoms with Crippen molar-refractivity contribution in [3.05, 3.63) is 11.7 Å². The van der Waals surface area contributed by atoms with Gasteiger partial charge in [-0.05, 0) is 30.6 Å². The number of nitrogens with zero attached hydrogens (tertiary/aromatic N) is 2. The van der Waals surface area contributed by atoms with Gasteiger partial charge in [0.1, 0.15) is 0 Å². The first-order valence-electron chi connectivity index (χ1n) is 6.97. The Bertz CT molecular complexity index is 509. The molecule has 0 saturated heterocycles. The molecule has 5 heteroatoms. The molecule has 0 radical (unpaired) electrons. The Labute approximate surface area is 112 Å². The molecule has 2 aliphatic rings. The van der Waals surface area contributed by atoms with E-state index in [-0.39, 0.29) is 11.3 Å². The summed E-state index contributed by atoms with van der Waals surface area (Å²) in [6.07, 6.45) is 3.42. The van der Waals surface area contributed by atoms with Crippen LogP contribution in [0.5, 0.6) is 0 Å². The minimum atomic E-state index is -0.774. The Kier molecular flexibility index (Phi) is 2.69. The van der Waals surface area contributed by atoms with Crippen LogP contribution in [0.3, 0.4) is 0 Å². The molecule has 0 aliphatic heterocycles. The van der Waals surface area contributed by atoms with Gasteiger partial charge in [-0.15, -0.1) is 0 Å². The average molecular weight is 264 g/mol. The second kappa shape index (κ2) is 4.05. The maximum Gasteiger partial charge on any atom is 0.307 e. The van der Waals surface area contributed by atoms with Crippen molar-refractivity contribution in [2.45, 2.75) is 51.9 Å². The molecule has 1 N–H and O–H groups in total. The maximum atomic E-state index is 11.2. The fourth-order valence-electron chi connectivity index (χ4n) is 3.54. The maximum absolute atomic E-state index is 11.2. The van der Waals surface area contributed by atoms with Gasteiger partial charge in [0.25, 0.3) is 0 Å². The molecule has 0 aromatic carbocycles. The van der Waals surface area contributed by atoms with Gasteiger partial charge in [0.2, 0.25) is 5.89 Å². The van der Waals surface area contributed by atoms with Crippen molar-refractivity contribution >= 4 is 5.97 Å². The Morgan fingerprint density at radius 3 is 2.68 bits per heavy atom. The molecule has 1 aromatic heterocycles. The number of aliphatic carboxylic acids is 1. The van der Waals surface area contributed by atoms with Crippen LogP contribution in [0.25, 0.3) is 0 Å². The lowest BCUT2D eigenvalue weighted by molar-refractivity contribution is -0.139. The normalized spacial score (nSPS) is 36.4. The summed E-state index contributed by atoms with van der Waals surface area (Å²) < 4.78 is 5.33. The Balaban J connectivity index is 1.78. The third-order valence-electron chi connectivity index (χ3n) is 4.88. The zero-order valence-corrected chi connectivity index (χ0v) is 11.6.